The summed E-state index contributed by atoms with van der Waals surface area (Å²) in [4.78, 5) is 24.8. The van der Waals surface area contributed by atoms with Gasteiger partial charge in [0.2, 0.25) is 11.8 Å². The van der Waals surface area contributed by atoms with Crippen LogP contribution in [0.1, 0.15) is 20.3 Å². The van der Waals surface area contributed by atoms with Gasteiger partial charge in [0.25, 0.3) is 0 Å². The van der Waals surface area contributed by atoms with Crippen molar-refractivity contribution in [2.75, 3.05) is 26.4 Å². The van der Waals surface area contributed by atoms with E-state index in [-0.39, 0.29) is 17.1 Å². The largest absolute Gasteiger partial charge is 0.355 e. The Kier molecular flexibility index (Phi) is 8.05. The molecule has 2 amide bonds. The van der Waals surface area contributed by atoms with E-state index in [4.69, 9.17) is 0 Å². The lowest BCUT2D eigenvalue weighted by Gasteiger charge is -2.14. The van der Waals surface area contributed by atoms with Gasteiger partial charge in [-0.3, -0.25) is 9.59 Å². The Hall–Kier alpha value is -0.800. The van der Waals surface area contributed by atoms with E-state index < -0.39 is 0 Å². The first-order valence-corrected chi connectivity index (χ1v) is 9.23. The molecule has 1 rings (SSSR count). The standard InChI is InChI=1S/C12H20N4O2S3/c1-5-6-13-9(17)7-19-11-14-15-12(21-11)20-8(2)10(18)16(3)4/h8H,5-7H2,1-4H3,(H,13,17). The zero-order chi connectivity index (χ0) is 15.8. The van der Waals surface area contributed by atoms with Crippen molar-refractivity contribution in [2.24, 2.45) is 0 Å². The van der Waals surface area contributed by atoms with E-state index >= 15 is 0 Å². The van der Waals surface area contributed by atoms with Gasteiger partial charge in [0, 0.05) is 20.6 Å². The molecule has 1 N–H and O–H groups in total. The molecule has 1 atom stereocenters. The summed E-state index contributed by atoms with van der Waals surface area (Å²) in [7, 11) is 3.46. The Morgan fingerprint density at radius 1 is 1.33 bits per heavy atom. The second-order valence-electron chi connectivity index (χ2n) is 4.47. The molecule has 0 aliphatic carbocycles. The van der Waals surface area contributed by atoms with Gasteiger partial charge in [0.05, 0.1) is 11.0 Å². The van der Waals surface area contributed by atoms with E-state index in [1.54, 1.807) is 19.0 Å². The summed E-state index contributed by atoms with van der Waals surface area (Å²) in [6.07, 6.45) is 0.924. The smallest absolute Gasteiger partial charge is 0.235 e. The summed E-state index contributed by atoms with van der Waals surface area (Å²) < 4.78 is 1.49. The Bertz CT molecular complexity index is 479. The van der Waals surface area contributed by atoms with E-state index in [0.717, 1.165) is 15.1 Å². The van der Waals surface area contributed by atoms with Crippen LogP contribution in [0.3, 0.4) is 0 Å². The SMILES string of the molecule is CCCNC(=O)CSc1nnc(SC(C)C(=O)N(C)C)s1. The number of rotatable bonds is 8. The molecule has 0 saturated carbocycles. The van der Waals surface area contributed by atoms with Crippen molar-refractivity contribution in [3.63, 3.8) is 0 Å². The van der Waals surface area contributed by atoms with Crippen LogP contribution in [-0.2, 0) is 9.59 Å². The summed E-state index contributed by atoms with van der Waals surface area (Å²) in [5, 5.41) is 10.7. The third kappa shape index (κ3) is 6.66. The molecule has 118 valence electrons. The number of amides is 2. The van der Waals surface area contributed by atoms with Gasteiger partial charge in [-0.2, -0.15) is 0 Å². The zero-order valence-corrected chi connectivity index (χ0v) is 15.0. The minimum absolute atomic E-state index is 0.00223. The van der Waals surface area contributed by atoms with Crippen LogP contribution in [0.2, 0.25) is 0 Å². The maximum Gasteiger partial charge on any atom is 0.235 e. The van der Waals surface area contributed by atoms with Crippen LogP contribution in [0, 0.1) is 0 Å². The van der Waals surface area contributed by atoms with Gasteiger partial charge in [-0.1, -0.05) is 41.8 Å². The number of hydrogen-bond donors (Lipinski definition) is 1. The molecule has 21 heavy (non-hydrogen) atoms. The lowest BCUT2D eigenvalue weighted by molar-refractivity contribution is -0.127. The number of thioether (sulfide) groups is 2. The van der Waals surface area contributed by atoms with Crippen LogP contribution in [0.5, 0.6) is 0 Å². The van der Waals surface area contributed by atoms with Crippen LogP contribution in [-0.4, -0.2) is 58.6 Å². The van der Waals surface area contributed by atoms with E-state index in [1.807, 2.05) is 13.8 Å². The molecule has 1 heterocycles. The van der Waals surface area contributed by atoms with Crippen molar-refractivity contribution in [3.8, 4) is 0 Å². The van der Waals surface area contributed by atoms with Crippen LogP contribution in [0.4, 0.5) is 0 Å². The lowest BCUT2D eigenvalue weighted by Crippen LogP contribution is -2.29. The molecular weight excluding hydrogens is 328 g/mol. The van der Waals surface area contributed by atoms with Crippen molar-refractivity contribution in [2.45, 2.75) is 34.2 Å². The quantitative estimate of drug-likeness (QED) is 0.721. The Morgan fingerprint density at radius 2 is 2.00 bits per heavy atom. The fraction of sp³-hybridized carbons (Fsp3) is 0.667. The second kappa shape index (κ2) is 9.26. The molecule has 0 aliphatic heterocycles. The summed E-state index contributed by atoms with van der Waals surface area (Å²) >= 11 is 4.16. The highest BCUT2D eigenvalue weighted by Crippen LogP contribution is 2.31. The van der Waals surface area contributed by atoms with Crippen LogP contribution in [0.15, 0.2) is 8.68 Å². The molecule has 6 nitrogen and oxygen atoms in total. The Labute approximate surface area is 137 Å². The number of aromatic nitrogens is 2. The highest BCUT2D eigenvalue weighted by molar-refractivity contribution is 8.04. The molecule has 0 bridgehead atoms. The molecule has 9 heteroatoms. The summed E-state index contributed by atoms with van der Waals surface area (Å²) in [6, 6.07) is 0. The van der Waals surface area contributed by atoms with Crippen molar-refractivity contribution < 1.29 is 9.59 Å². The normalized spacial score (nSPS) is 12.0. The van der Waals surface area contributed by atoms with Gasteiger partial charge in [-0.25, -0.2) is 0 Å². The van der Waals surface area contributed by atoms with Gasteiger partial charge in [-0.15, -0.1) is 10.2 Å². The first-order chi connectivity index (χ1) is 9.93. The number of carbonyl (C=O) groups is 2. The molecule has 0 spiro atoms. The topological polar surface area (TPSA) is 75.2 Å². The minimum atomic E-state index is -0.196. The molecule has 0 radical (unpaired) electrons. The Morgan fingerprint density at radius 3 is 2.62 bits per heavy atom. The van der Waals surface area contributed by atoms with Gasteiger partial charge in [-0.05, 0) is 13.3 Å². The highest BCUT2D eigenvalue weighted by Gasteiger charge is 2.18. The number of carbonyl (C=O) groups excluding carboxylic acids is 2. The number of nitrogens with one attached hydrogen (secondary N) is 1. The maximum absolute atomic E-state index is 11.8. The summed E-state index contributed by atoms with van der Waals surface area (Å²) in [6.45, 7) is 4.55. The van der Waals surface area contributed by atoms with E-state index in [2.05, 4.69) is 15.5 Å². The van der Waals surface area contributed by atoms with Crippen molar-refractivity contribution >= 4 is 46.7 Å². The third-order valence-electron chi connectivity index (χ3n) is 2.35. The second-order valence-corrected chi connectivity index (χ2v) is 8.25. The fourth-order valence-corrected chi connectivity index (χ4v) is 4.45. The Balaban J connectivity index is 2.43. The third-order valence-corrected chi connectivity index (χ3v) is 5.58. The van der Waals surface area contributed by atoms with Gasteiger partial charge >= 0.3 is 0 Å². The zero-order valence-electron chi connectivity index (χ0n) is 12.6. The van der Waals surface area contributed by atoms with Crippen molar-refractivity contribution in [1.82, 2.24) is 20.4 Å². The van der Waals surface area contributed by atoms with E-state index in [9.17, 15) is 9.59 Å². The first-order valence-electron chi connectivity index (χ1n) is 6.54. The van der Waals surface area contributed by atoms with Crippen LogP contribution in [0.25, 0.3) is 0 Å². The van der Waals surface area contributed by atoms with Gasteiger partial charge < -0.3 is 10.2 Å². The molecule has 1 aromatic rings. The van der Waals surface area contributed by atoms with E-state index in [0.29, 0.717) is 12.3 Å². The summed E-state index contributed by atoms with van der Waals surface area (Å²) in [5.74, 6) is 0.386. The lowest BCUT2D eigenvalue weighted by atomic mass is 10.4. The predicted molar refractivity (Wildman–Crippen MR) is 87.9 cm³/mol. The predicted octanol–water partition coefficient (Wildman–Crippen LogP) is 1.73. The number of nitrogens with zero attached hydrogens (tertiary/aromatic N) is 3. The van der Waals surface area contributed by atoms with Gasteiger partial charge in [0.15, 0.2) is 8.68 Å². The fourth-order valence-electron chi connectivity index (χ4n) is 1.31. The molecule has 0 aliphatic rings. The maximum atomic E-state index is 11.8. The van der Waals surface area contributed by atoms with Crippen molar-refractivity contribution in [1.29, 1.82) is 0 Å². The number of hydrogen-bond acceptors (Lipinski definition) is 7. The average molecular weight is 349 g/mol. The molecule has 1 aromatic heterocycles. The van der Waals surface area contributed by atoms with Crippen LogP contribution >= 0.6 is 34.9 Å². The van der Waals surface area contributed by atoms with E-state index in [1.165, 1.54) is 34.9 Å². The summed E-state index contributed by atoms with van der Waals surface area (Å²) in [5.41, 5.74) is 0. The monoisotopic (exact) mass is 348 g/mol. The van der Waals surface area contributed by atoms with Gasteiger partial charge in [0.1, 0.15) is 0 Å². The molecule has 0 aromatic carbocycles. The highest BCUT2D eigenvalue weighted by atomic mass is 32.2. The van der Waals surface area contributed by atoms with Crippen LogP contribution < -0.4 is 5.32 Å². The molecular formula is C12H20N4O2S3. The van der Waals surface area contributed by atoms with Crippen molar-refractivity contribution in [3.05, 3.63) is 0 Å². The molecule has 0 fully saturated rings. The first kappa shape index (κ1) is 18.2. The molecule has 0 saturated heterocycles. The minimum Gasteiger partial charge on any atom is -0.355 e. The average Bonchev–Trinajstić information content (AvgIpc) is 2.89. The molecule has 1 unspecified atom stereocenters.